The zero-order chi connectivity index (χ0) is 13.3. The molecule has 0 bridgehead atoms. The average Bonchev–Trinajstić information content (AvgIpc) is 2.33. The summed E-state index contributed by atoms with van der Waals surface area (Å²) in [6.45, 7) is -0.519. The quantitative estimate of drug-likeness (QED) is 0.466. The maximum atomic E-state index is 11.9. The molecule has 0 radical (unpaired) electrons. The van der Waals surface area contributed by atoms with Crippen molar-refractivity contribution in [1.82, 2.24) is 9.97 Å². The molecule has 1 heterocycles. The van der Waals surface area contributed by atoms with Crippen LogP contribution in [0.15, 0.2) is 17.2 Å². The highest BCUT2D eigenvalue weighted by molar-refractivity contribution is 5.50. The van der Waals surface area contributed by atoms with Gasteiger partial charge in [-0.3, -0.25) is 0 Å². The Hall–Kier alpha value is -1.64. The van der Waals surface area contributed by atoms with Crippen LogP contribution >= 0.6 is 0 Å². The number of rotatable bonds is 4. The molecule has 0 amide bonds. The highest BCUT2D eigenvalue weighted by Gasteiger charge is 2.13. The lowest BCUT2D eigenvalue weighted by atomic mass is 10.2. The van der Waals surface area contributed by atoms with E-state index in [1.54, 1.807) is 0 Å². The maximum Gasteiger partial charge on any atom is 0.345 e. The minimum atomic E-state index is -1.20. The molecule has 0 saturated heterocycles. The molecule has 2 atom stereocenters. The Balaban J connectivity index is 0.000000302. The first-order chi connectivity index (χ1) is 8.01. The molecule has 1 aromatic heterocycles. The Bertz CT molecular complexity index is 363. The molecule has 4 N–H and O–H groups in total. The predicted octanol–water partition coefficient (Wildman–Crippen LogP) is -1.80. The summed E-state index contributed by atoms with van der Waals surface area (Å²) >= 11 is 0. The lowest BCUT2D eigenvalue weighted by molar-refractivity contribution is -0.111. The van der Waals surface area contributed by atoms with Crippen molar-refractivity contribution in [3.63, 3.8) is 0 Å². The number of H-pyrrole nitrogens is 1. The van der Waals surface area contributed by atoms with E-state index in [0.29, 0.717) is 6.29 Å². The van der Waals surface area contributed by atoms with E-state index in [9.17, 15) is 14.0 Å². The third kappa shape index (κ3) is 7.28. The Labute approximate surface area is 95.6 Å². The molecule has 1 rings (SSSR count). The highest BCUT2D eigenvalue weighted by atomic mass is 19.1. The van der Waals surface area contributed by atoms with E-state index in [4.69, 9.17) is 15.3 Å². The van der Waals surface area contributed by atoms with Gasteiger partial charge in [-0.15, -0.1) is 0 Å². The molecule has 7 nitrogen and oxygen atoms in total. The van der Waals surface area contributed by atoms with Crippen LogP contribution in [0.1, 0.15) is 6.42 Å². The van der Waals surface area contributed by atoms with E-state index < -0.39 is 30.3 Å². The van der Waals surface area contributed by atoms with Gasteiger partial charge in [0.2, 0.25) is 0 Å². The third-order valence-corrected chi connectivity index (χ3v) is 1.61. The summed E-state index contributed by atoms with van der Waals surface area (Å²) in [5.41, 5.74) is -0.536. The molecular formula is C9H13FN2O5. The Morgan fingerprint density at radius 2 is 2.12 bits per heavy atom. The molecule has 96 valence electrons. The van der Waals surface area contributed by atoms with E-state index in [2.05, 4.69) is 9.97 Å². The number of aromatic nitrogens is 2. The topological polar surface area (TPSA) is 124 Å². The van der Waals surface area contributed by atoms with Gasteiger partial charge < -0.3 is 25.1 Å². The van der Waals surface area contributed by atoms with Crippen LogP contribution in [0.5, 0.6) is 0 Å². The molecule has 0 saturated carbocycles. The van der Waals surface area contributed by atoms with Crippen LogP contribution in [0.4, 0.5) is 4.39 Å². The fourth-order valence-corrected chi connectivity index (χ4v) is 0.703. The molecule has 0 aliphatic heterocycles. The number of aromatic amines is 1. The smallest absolute Gasteiger partial charge is 0.345 e. The van der Waals surface area contributed by atoms with Gasteiger partial charge in [0.05, 0.1) is 18.9 Å². The van der Waals surface area contributed by atoms with Gasteiger partial charge in [-0.1, -0.05) is 0 Å². The Kier molecular flexibility index (Phi) is 7.68. The molecule has 0 aliphatic carbocycles. The van der Waals surface area contributed by atoms with E-state index in [1.165, 1.54) is 0 Å². The summed E-state index contributed by atoms with van der Waals surface area (Å²) in [7, 11) is 0. The van der Waals surface area contributed by atoms with E-state index in [1.807, 2.05) is 0 Å². The fourth-order valence-electron chi connectivity index (χ4n) is 0.703. The fraction of sp³-hybridized carbons (Fsp3) is 0.444. The summed E-state index contributed by atoms with van der Waals surface area (Å²) in [6, 6.07) is 0. The molecular weight excluding hydrogens is 235 g/mol. The van der Waals surface area contributed by atoms with Crippen molar-refractivity contribution in [1.29, 1.82) is 0 Å². The van der Waals surface area contributed by atoms with Crippen molar-refractivity contribution < 1.29 is 24.5 Å². The standard InChI is InChI=1S/C5H10O4.C4H3FN2O/c6-2-1-4(8)5(9)3-7;5-3-1-6-4(8)7-2-3/h2,4-5,7-9H,1,3H2;1-2H,(H,6,7,8)/t4-,5+;/m0./s1. The number of aliphatic hydroxyl groups excluding tert-OH is 3. The largest absolute Gasteiger partial charge is 0.394 e. The van der Waals surface area contributed by atoms with Gasteiger partial charge in [0.1, 0.15) is 12.4 Å². The highest BCUT2D eigenvalue weighted by Crippen LogP contribution is 1.94. The van der Waals surface area contributed by atoms with Gasteiger partial charge in [-0.25, -0.2) is 9.18 Å². The predicted molar refractivity (Wildman–Crippen MR) is 54.6 cm³/mol. The molecule has 0 unspecified atom stereocenters. The first-order valence-electron chi connectivity index (χ1n) is 4.62. The van der Waals surface area contributed by atoms with Gasteiger partial charge in [0.15, 0.2) is 5.82 Å². The van der Waals surface area contributed by atoms with Crippen molar-refractivity contribution in [2.45, 2.75) is 18.6 Å². The van der Waals surface area contributed by atoms with Crippen LogP contribution in [0.2, 0.25) is 0 Å². The molecule has 0 spiro atoms. The molecule has 0 aliphatic rings. The SMILES string of the molecule is O=CC[C@H](O)[C@H](O)CO.O=c1ncc(F)c[nH]1. The van der Waals surface area contributed by atoms with Crippen LogP contribution < -0.4 is 5.69 Å². The lowest BCUT2D eigenvalue weighted by Gasteiger charge is -2.11. The summed E-state index contributed by atoms with van der Waals surface area (Å²) in [4.78, 5) is 24.9. The van der Waals surface area contributed by atoms with Gasteiger partial charge in [0, 0.05) is 12.6 Å². The van der Waals surface area contributed by atoms with Crippen LogP contribution in [-0.2, 0) is 4.79 Å². The van der Waals surface area contributed by atoms with Crippen molar-refractivity contribution in [2.75, 3.05) is 6.61 Å². The van der Waals surface area contributed by atoms with Gasteiger partial charge in [-0.2, -0.15) is 4.98 Å². The van der Waals surface area contributed by atoms with Crippen molar-refractivity contribution in [3.8, 4) is 0 Å². The number of nitrogens with zero attached hydrogens (tertiary/aromatic N) is 1. The number of nitrogens with one attached hydrogen (secondary N) is 1. The number of carbonyl (C=O) groups is 1. The second-order valence-corrected chi connectivity index (χ2v) is 2.96. The minimum absolute atomic E-state index is 0.137. The third-order valence-electron chi connectivity index (χ3n) is 1.61. The summed E-state index contributed by atoms with van der Waals surface area (Å²) < 4.78 is 11.9. The van der Waals surface area contributed by atoms with E-state index in [-0.39, 0.29) is 6.42 Å². The molecule has 1 aromatic rings. The average molecular weight is 248 g/mol. The van der Waals surface area contributed by atoms with E-state index >= 15 is 0 Å². The second kappa shape index (κ2) is 8.50. The second-order valence-electron chi connectivity index (χ2n) is 2.96. The molecule has 17 heavy (non-hydrogen) atoms. The Morgan fingerprint density at radius 1 is 1.47 bits per heavy atom. The van der Waals surface area contributed by atoms with Gasteiger partial charge >= 0.3 is 5.69 Å². The van der Waals surface area contributed by atoms with Gasteiger partial charge in [-0.05, 0) is 0 Å². The van der Waals surface area contributed by atoms with E-state index in [0.717, 1.165) is 12.4 Å². The van der Waals surface area contributed by atoms with Gasteiger partial charge in [0.25, 0.3) is 0 Å². The molecule has 0 aromatic carbocycles. The number of hydrogen-bond acceptors (Lipinski definition) is 6. The van der Waals surface area contributed by atoms with Crippen LogP contribution in [0.25, 0.3) is 0 Å². The van der Waals surface area contributed by atoms with Crippen molar-refractivity contribution in [3.05, 3.63) is 28.7 Å². The van der Waals surface area contributed by atoms with Crippen molar-refractivity contribution in [2.24, 2.45) is 0 Å². The zero-order valence-electron chi connectivity index (χ0n) is 8.78. The number of aldehydes is 1. The molecule has 0 fully saturated rings. The summed E-state index contributed by atoms with van der Waals surface area (Å²) in [6.07, 6.45) is -0.165. The Morgan fingerprint density at radius 3 is 2.47 bits per heavy atom. The zero-order valence-corrected chi connectivity index (χ0v) is 8.78. The normalized spacial score (nSPS) is 13.2. The monoisotopic (exact) mass is 248 g/mol. The lowest BCUT2D eigenvalue weighted by Crippen LogP contribution is -2.29. The molecule has 8 heteroatoms. The number of carbonyl (C=O) groups excluding carboxylic acids is 1. The summed E-state index contributed by atoms with van der Waals surface area (Å²) in [5.74, 6) is -0.537. The van der Waals surface area contributed by atoms with Crippen molar-refractivity contribution >= 4 is 6.29 Å². The first-order valence-corrected chi connectivity index (χ1v) is 4.62. The first kappa shape index (κ1) is 15.4. The van der Waals surface area contributed by atoms with Crippen LogP contribution in [0.3, 0.4) is 0 Å². The van der Waals surface area contributed by atoms with Crippen LogP contribution in [-0.4, -0.2) is 50.4 Å². The number of hydrogen-bond donors (Lipinski definition) is 4. The summed E-state index contributed by atoms with van der Waals surface area (Å²) in [5, 5.41) is 25.5. The van der Waals surface area contributed by atoms with Crippen LogP contribution in [0, 0.1) is 5.82 Å². The minimum Gasteiger partial charge on any atom is -0.394 e. The number of halogens is 1. The number of aliphatic hydroxyl groups is 3. The maximum absolute atomic E-state index is 11.9.